The van der Waals surface area contributed by atoms with Gasteiger partial charge in [0.05, 0.1) is 23.2 Å². The van der Waals surface area contributed by atoms with E-state index in [0.717, 1.165) is 6.08 Å². The minimum absolute atomic E-state index is 0.0658. The normalized spacial score (nSPS) is 11.3. The number of carbonyl (C=O) groups excluding carboxylic acids is 1. The van der Waals surface area contributed by atoms with Gasteiger partial charge in [0.15, 0.2) is 0 Å². The Labute approximate surface area is 166 Å². The highest BCUT2D eigenvalue weighted by atomic mass is 19.1. The summed E-state index contributed by atoms with van der Waals surface area (Å²) in [4.78, 5) is 29.2. The maximum absolute atomic E-state index is 14.5. The second kappa shape index (κ2) is 8.34. The van der Waals surface area contributed by atoms with Crippen LogP contribution in [-0.4, -0.2) is 22.1 Å². The van der Waals surface area contributed by atoms with Gasteiger partial charge in [0.25, 0.3) is 5.56 Å². The maximum Gasteiger partial charge on any atom is 0.330 e. The molecule has 1 heterocycles. The van der Waals surface area contributed by atoms with E-state index in [2.05, 4.69) is 4.98 Å². The molecule has 3 rings (SSSR count). The first-order valence-corrected chi connectivity index (χ1v) is 9.22. The number of ether oxygens (including phenoxy) is 1. The topological polar surface area (TPSA) is 61.2 Å². The zero-order chi connectivity index (χ0) is 21.1. The second-order valence-electron chi connectivity index (χ2n) is 6.43. The monoisotopic (exact) mass is 398 g/mol. The first-order valence-electron chi connectivity index (χ1n) is 9.22. The molecule has 0 aliphatic carbocycles. The van der Waals surface area contributed by atoms with Crippen molar-refractivity contribution in [2.45, 2.75) is 27.2 Å². The number of halogens is 2. The zero-order valence-corrected chi connectivity index (χ0v) is 16.3. The summed E-state index contributed by atoms with van der Waals surface area (Å²) in [5, 5.41) is 0.191. The Morgan fingerprint density at radius 3 is 2.62 bits per heavy atom. The number of nitrogens with zero attached hydrogens (tertiary/aromatic N) is 2. The Kier molecular flexibility index (Phi) is 5.87. The van der Waals surface area contributed by atoms with E-state index >= 15 is 0 Å². The molecule has 29 heavy (non-hydrogen) atoms. The van der Waals surface area contributed by atoms with Crippen molar-refractivity contribution in [1.82, 2.24) is 9.55 Å². The SMILES string of the molecule is CCOC(=O)C=Cc1cc2c(=O)n(-c3ccc(F)cc3C)c(CC)nc2cc1F. The smallest absolute Gasteiger partial charge is 0.330 e. The van der Waals surface area contributed by atoms with Crippen molar-refractivity contribution >= 4 is 22.9 Å². The molecule has 2 aromatic carbocycles. The van der Waals surface area contributed by atoms with Gasteiger partial charge in [-0.3, -0.25) is 9.36 Å². The number of fused-ring (bicyclic) bond motifs is 1. The van der Waals surface area contributed by atoms with E-state index in [1.54, 1.807) is 13.8 Å². The van der Waals surface area contributed by atoms with Crippen molar-refractivity contribution in [3.63, 3.8) is 0 Å². The lowest BCUT2D eigenvalue weighted by atomic mass is 10.1. The predicted octanol–water partition coefficient (Wildman–Crippen LogP) is 4.11. The molecule has 0 aliphatic heterocycles. The lowest BCUT2D eigenvalue weighted by Crippen LogP contribution is -2.24. The number of esters is 1. The van der Waals surface area contributed by atoms with Gasteiger partial charge in [-0.15, -0.1) is 0 Å². The number of hydrogen-bond acceptors (Lipinski definition) is 4. The summed E-state index contributed by atoms with van der Waals surface area (Å²) >= 11 is 0. The van der Waals surface area contributed by atoms with Crippen LogP contribution in [0.5, 0.6) is 0 Å². The molecule has 7 heteroatoms. The fraction of sp³-hybridized carbons (Fsp3) is 0.227. The number of rotatable bonds is 5. The molecular formula is C22H20F2N2O3. The van der Waals surface area contributed by atoms with Crippen LogP contribution in [0.25, 0.3) is 22.7 Å². The van der Waals surface area contributed by atoms with Crippen molar-refractivity contribution in [2.24, 2.45) is 0 Å². The quantitative estimate of drug-likeness (QED) is 0.479. The molecule has 0 fully saturated rings. The van der Waals surface area contributed by atoms with Crippen LogP contribution in [0.15, 0.2) is 41.2 Å². The Balaban J connectivity index is 2.23. The molecule has 0 radical (unpaired) electrons. The summed E-state index contributed by atoms with van der Waals surface area (Å²) < 4.78 is 34.2. The summed E-state index contributed by atoms with van der Waals surface area (Å²) in [7, 11) is 0. The standard InChI is InChI=1S/C22H20F2N2O3/c1-4-20-25-18-12-17(24)14(6-9-21(27)29-5-2)11-16(18)22(28)26(20)19-8-7-15(23)10-13(19)3/h6-12H,4-5H2,1-3H3. The summed E-state index contributed by atoms with van der Waals surface area (Å²) in [5.41, 5.74) is 0.972. The van der Waals surface area contributed by atoms with Gasteiger partial charge in [-0.05, 0) is 49.8 Å². The van der Waals surface area contributed by atoms with Crippen molar-refractivity contribution in [3.05, 3.63) is 75.3 Å². The summed E-state index contributed by atoms with van der Waals surface area (Å²) in [6, 6.07) is 6.65. The van der Waals surface area contributed by atoms with Gasteiger partial charge >= 0.3 is 5.97 Å². The molecule has 0 spiro atoms. The van der Waals surface area contributed by atoms with E-state index in [1.165, 1.54) is 41.0 Å². The van der Waals surface area contributed by atoms with Gasteiger partial charge in [0, 0.05) is 24.1 Å². The number of aromatic nitrogens is 2. The van der Waals surface area contributed by atoms with Gasteiger partial charge in [-0.2, -0.15) is 0 Å². The van der Waals surface area contributed by atoms with Crippen LogP contribution in [0, 0.1) is 18.6 Å². The Hall–Kier alpha value is -3.35. The van der Waals surface area contributed by atoms with Crippen LogP contribution in [0.1, 0.15) is 30.8 Å². The highest BCUT2D eigenvalue weighted by Gasteiger charge is 2.15. The molecule has 0 atom stereocenters. The average molecular weight is 398 g/mol. The molecule has 0 unspecified atom stereocenters. The lowest BCUT2D eigenvalue weighted by Gasteiger charge is -2.15. The third-order valence-electron chi connectivity index (χ3n) is 4.46. The molecule has 5 nitrogen and oxygen atoms in total. The van der Waals surface area contributed by atoms with Crippen molar-refractivity contribution < 1.29 is 18.3 Å². The number of hydrogen-bond donors (Lipinski definition) is 0. The van der Waals surface area contributed by atoms with Crippen molar-refractivity contribution in [2.75, 3.05) is 6.61 Å². The van der Waals surface area contributed by atoms with E-state index in [0.29, 0.717) is 23.5 Å². The van der Waals surface area contributed by atoms with Crippen LogP contribution in [0.4, 0.5) is 8.78 Å². The molecule has 0 bridgehead atoms. The second-order valence-corrected chi connectivity index (χ2v) is 6.43. The van der Waals surface area contributed by atoms with Crippen molar-refractivity contribution in [3.8, 4) is 5.69 Å². The number of benzene rings is 2. The Morgan fingerprint density at radius 2 is 1.97 bits per heavy atom. The fourth-order valence-corrected chi connectivity index (χ4v) is 3.10. The largest absolute Gasteiger partial charge is 0.463 e. The first-order chi connectivity index (χ1) is 13.8. The Morgan fingerprint density at radius 1 is 1.21 bits per heavy atom. The van der Waals surface area contributed by atoms with Gasteiger partial charge in [0.2, 0.25) is 0 Å². The van der Waals surface area contributed by atoms with Gasteiger partial charge in [-0.1, -0.05) is 6.92 Å². The summed E-state index contributed by atoms with van der Waals surface area (Å²) in [6.07, 6.45) is 2.78. The van der Waals surface area contributed by atoms with E-state index in [9.17, 15) is 18.4 Å². The van der Waals surface area contributed by atoms with E-state index in [-0.39, 0.29) is 23.1 Å². The van der Waals surface area contributed by atoms with Crippen LogP contribution >= 0.6 is 0 Å². The minimum Gasteiger partial charge on any atom is -0.463 e. The third-order valence-corrected chi connectivity index (χ3v) is 4.46. The molecule has 1 aromatic heterocycles. The molecular weight excluding hydrogens is 378 g/mol. The van der Waals surface area contributed by atoms with Gasteiger partial charge in [-0.25, -0.2) is 18.6 Å². The van der Waals surface area contributed by atoms with Crippen molar-refractivity contribution in [1.29, 1.82) is 0 Å². The number of carbonyl (C=O) groups is 1. The van der Waals surface area contributed by atoms with Gasteiger partial charge < -0.3 is 4.74 Å². The van der Waals surface area contributed by atoms with E-state index in [4.69, 9.17) is 4.74 Å². The first kappa shape index (κ1) is 20.4. The van der Waals surface area contributed by atoms with Crippen LogP contribution < -0.4 is 5.56 Å². The molecule has 0 aliphatic rings. The van der Waals surface area contributed by atoms with E-state index < -0.39 is 23.2 Å². The minimum atomic E-state index is -0.609. The zero-order valence-electron chi connectivity index (χ0n) is 16.3. The lowest BCUT2D eigenvalue weighted by molar-refractivity contribution is -0.137. The highest BCUT2D eigenvalue weighted by molar-refractivity contribution is 5.88. The Bertz CT molecular complexity index is 1180. The van der Waals surface area contributed by atoms with Crippen LogP contribution in [0.3, 0.4) is 0 Å². The van der Waals surface area contributed by atoms with E-state index in [1.807, 2.05) is 6.92 Å². The maximum atomic E-state index is 14.5. The molecule has 0 amide bonds. The molecule has 0 saturated heterocycles. The fourth-order valence-electron chi connectivity index (χ4n) is 3.10. The molecule has 3 aromatic rings. The van der Waals surface area contributed by atoms with Gasteiger partial charge in [0.1, 0.15) is 17.5 Å². The average Bonchev–Trinajstić information content (AvgIpc) is 2.67. The summed E-state index contributed by atoms with van der Waals surface area (Å²) in [5.74, 6) is -1.18. The molecule has 0 saturated carbocycles. The van der Waals surface area contributed by atoms with Crippen LogP contribution in [-0.2, 0) is 16.0 Å². The molecule has 0 N–H and O–H groups in total. The highest BCUT2D eigenvalue weighted by Crippen LogP contribution is 2.21. The predicted molar refractivity (Wildman–Crippen MR) is 107 cm³/mol. The number of aryl methyl sites for hydroxylation is 2. The third kappa shape index (κ3) is 4.08. The molecule has 150 valence electrons. The summed E-state index contributed by atoms with van der Waals surface area (Å²) in [6.45, 7) is 5.40. The van der Waals surface area contributed by atoms with Crippen LogP contribution in [0.2, 0.25) is 0 Å².